The Morgan fingerprint density at radius 3 is 2.46 bits per heavy atom. The molecule has 1 saturated heterocycles. The van der Waals surface area contributed by atoms with E-state index in [0.717, 1.165) is 17.0 Å². The van der Waals surface area contributed by atoms with E-state index in [9.17, 15) is 4.79 Å². The summed E-state index contributed by atoms with van der Waals surface area (Å²) in [6, 6.07) is 19.1. The molecule has 2 N–H and O–H groups in total. The molecule has 0 unspecified atom stereocenters. The number of furan rings is 1. The van der Waals surface area contributed by atoms with Gasteiger partial charge in [0.15, 0.2) is 5.17 Å². The van der Waals surface area contributed by atoms with Crippen LogP contribution in [0, 0.1) is 6.92 Å². The Morgan fingerprint density at radius 1 is 1.04 bits per heavy atom. The molecule has 140 valence electrons. The second kappa shape index (κ2) is 7.40. The highest BCUT2D eigenvalue weighted by Gasteiger charge is 2.30. The molecular weight excluding hydrogens is 370 g/mol. The number of nitrogens with two attached hydrogens (primary N) is 1. The molecule has 2 heterocycles. The van der Waals surface area contributed by atoms with E-state index in [-0.39, 0.29) is 5.91 Å². The summed E-state index contributed by atoms with van der Waals surface area (Å²) in [4.78, 5) is 19.3. The molecule has 0 atom stereocenters. The van der Waals surface area contributed by atoms with Gasteiger partial charge in [0, 0.05) is 24.4 Å². The number of aryl methyl sites for hydroxylation is 1. The van der Waals surface area contributed by atoms with Crippen LogP contribution in [0.3, 0.4) is 0 Å². The van der Waals surface area contributed by atoms with Crippen molar-refractivity contribution in [3.8, 4) is 11.3 Å². The van der Waals surface area contributed by atoms with Gasteiger partial charge in [0.2, 0.25) is 0 Å². The first-order valence-electron chi connectivity index (χ1n) is 8.78. The average molecular weight is 389 g/mol. The number of amides is 1. The molecule has 4 rings (SSSR count). The smallest absolute Gasteiger partial charge is 0.266 e. The molecule has 1 amide bonds. The van der Waals surface area contributed by atoms with Crippen molar-refractivity contribution in [2.24, 2.45) is 4.99 Å². The molecule has 3 aromatic rings. The van der Waals surface area contributed by atoms with E-state index in [1.54, 1.807) is 18.0 Å². The van der Waals surface area contributed by atoms with Gasteiger partial charge in [0.25, 0.3) is 5.91 Å². The van der Waals surface area contributed by atoms with Crippen molar-refractivity contribution in [3.05, 3.63) is 76.9 Å². The third kappa shape index (κ3) is 3.73. The Balaban J connectivity index is 1.57. The van der Waals surface area contributed by atoms with Gasteiger partial charge in [-0.05, 0) is 67.2 Å². The average Bonchev–Trinajstić information content (AvgIpc) is 3.25. The minimum atomic E-state index is -0.0960. The molecule has 0 bridgehead atoms. The molecule has 0 saturated carbocycles. The summed E-state index contributed by atoms with van der Waals surface area (Å²) in [5.41, 5.74) is 9.35. The number of thioether (sulfide) groups is 1. The van der Waals surface area contributed by atoms with Crippen molar-refractivity contribution in [3.63, 3.8) is 0 Å². The second-order valence-corrected chi connectivity index (χ2v) is 7.54. The normalized spacial score (nSPS) is 17.1. The van der Waals surface area contributed by atoms with Crippen LogP contribution in [-0.2, 0) is 4.79 Å². The van der Waals surface area contributed by atoms with E-state index in [2.05, 4.69) is 4.99 Å². The van der Waals surface area contributed by atoms with Crippen molar-refractivity contribution < 1.29 is 9.21 Å². The Hall–Kier alpha value is -3.25. The molecule has 1 aliphatic rings. The number of carbonyl (C=O) groups excluding carboxylic acids is 1. The number of rotatable bonds is 3. The maximum absolute atomic E-state index is 12.6. The number of likely N-dealkylation sites (N-methyl/N-ethyl adjacent to an activating group) is 1. The van der Waals surface area contributed by atoms with Crippen molar-refractivity contribution in [2.45, 2.75) is 6.92 Å². The number of nitrogen functional groups attached to an aromatic ring is 1. The number of hydrogen-bond donors (Lipinski definition) is 1. The van der Waals surface area contributed by atoms with Crippen LogP contribution in [0.15, 0.2) is 75.0 Å². The molecule has 1 fully saturated rings. The van der Waals surface area contributed by atoms with E-state index < -0.39 is 0 Å². The summed E-state index contributed by atoms with van der Waals surface area (Å²) in [7, 11) is 1.73. The van der Waals surface area contributed by atoms with E-state index >= 15 is 0 Å². The van der Waals surface area contributed by atoms with Crippen molar-refractivity contribution in [1.29, 1.82) is 0 Å². The summed E-state index contributed by atoms with van der Waals surface area (Å²) >= 11 is 1.34. The third-order valence-corrected chi connectivity index (χ3v) is 5.42. The summed E-state index contributed by atoms with van der Waals surface area (Å²) in [5, 5.41) is 0.644. The minimum absolute atomic E-state index is 0.0960. The Labute approximate surface area is 167 Å². The van der Waals surface area contributed by atoms with E-state index in [4.69, 9.17) is 10.2 Å². The second-order valence-electron chi connectivity index (χ2n) is 6.53. The minimum Gasteiger partial charge on any atom is -0.457 e. The van der Waals surface area contributed by atoms with Crippen LogP contribution in [0.25, 0.3) is 17.4 Å². The van der Waals surface area contributed by atoms with Gasteiger partial charge in [0.05, 0.1) is 10.6 Å². The number of hydrogen-bond acceptors (Lipinski definition) is 5. The van der Waals surface area contributed by atoms with Gasteiger partial charge in [-0.3, -0.25) is 9.69 Å². The first kappa shape index (κ1) is 18.1. The maximum atomic E-state index is 12.6. The summed E-state index contributed by atoms with van der Waals surface area (Å²) in [6.45, 7) is 2.03. The van der Waals surface area contributed by atoms with Gasteiger partial charge < -0.3 is 10.2 Å². The first-order valence-corrected chi connectivity index (χ1v) is 9.60. The van der Waals surface area contributed by atoms with Crippen LogP contribution in [0.4, 0.5) is 11.4 Å². The van der Waals surface area contributed by atoms with Crippen LogP contribution in [-0.4, -0.2) is 23.0 Å². The van der Waals surface area contributed by atoms with Crippen LogP contribution in [0.2, 0.25) is 0 Å². The van der Waals surface area contributed by atoms with E-state index in [1.165, 1.54) is 17.3 Å². The zero-order valence-electron chi connectivity index (χ0n) is 15.5. The third-order valence-electron chi connectivity index (χ3n) is 4.36. The molecule has 1 aromatic heterocycles. The SMILES string of the molecule is Cc1ccc(N=C2SC(=Cc3ccc(-c4ccc(N)cc4)o3)C(=O)N2C)cc1. The van der Waals surface area contributed by atoms with E-state index in [0.29, 0.717) is 21.5 Å². The lowest BCUT2D eigenvalue weighted by Gasteiger charge is -2.07. The van der Waals surface area contributed by atoms with E-state index in [1.807, 2.05) is 67.6 Å². The maximum Gasteiger partial charge on any atom is 0.266 e. The number of aliphatic imine (C=N–C) groups is 1. The van der Waals surface area contributed by atoms with Crippen LogP contribution in [0.5, 0.6) is 0 Å². The Kier molecular flexibility index (Phi) is 4.79. The summed E-state index contributed by atoms with van der Waals surface area (Å²) < 4.78 is 5.88. The van der Waals surface area contributed by atoms with Gasteiger partial charge in [-0.25, -0.2) is 4.99 Å². The molecule has 0 radical (unpaired) electrons. The molecular formula is C22H19N3O2S. The summed E-state index contributed by atoms with van der Waals surface area (Å²) in [6.07, 6.45) is 1.75. The highest BCUT2D eigenvalue weighted by Crippen LogP contribution is 2.34. The van der Waals surface area contributed by atoms with Gasteiger partial charge in [0.1, 0.15) is 11.5 Å². The fourth-order valence-electron chi connectivity index (χ4n) is 2.74. The topological polar surface area (TPSA) is 71.8 Å². The molecule has 28 heavy (non-hydrogen) atoms. The number of nitrogens with zero attached hydrogens (tertiary/aromatic N) is 2. The summed E-state index contributed by atoms with van der Waals surface area (Å²) in [5.74, 6) is 1.25. The lowest BCUT2D eigenvalue weighted by molar-refractivity contribution is -0.121. The Morgan fingerprint density at radius 2 is 1.75 bits per heavy atom. The monoisotopic (exact) mass is 389 g/mol. The fraction of sp³-hybridized carbons (Fsp3) is 0.0909. The van der Waals surface area contributed by atoms with Crippen LogP contribution in [0.1, 0.15) is 11.3 Å². The Bertz CT molecular complexity index is 1080. The largest absolute Gasteiger partial charge is 0.457 e. The zero-order chi connectivity index (χ0) is 19.7. The molecule has 6 heteroatoms. The van der Waals surface area contributed by atoms with Crippen molar-refractivity contribution in [1.82, 2.24) is 4.90 Å². The first-order chi connectivity index (χ1) is 13.5. The number of amidine groups is 1. The number of anilines is 1. The molecule has 1 aliphatic heterocycles. The lowest BCUT2D eigenvalue weighted by atomic mass is 10.1. The number of benzene rings is 2. The van der Waals surface area contributed by atoms with Crippen LogP contribution >= 0.6 is 11.8 Å². The predicted molar refractivity (Wildman–Crippen MR) is 115 cm³/mol. The highest BCUT2D eigenvalue weighted by atomic mass is 32.2. The molecule has 5 nitrogen and oxygen atoms in total. The molecule has 0 aliphatic carbocycles. The van der Waals surface area contributed by atoms with Gasteiger partial charge in [-0.15, -0.1) is 0 Å². The van der Waals surface area contributed by atoms with Crippen molar-refractivity contribution in [2.75, 3.05) is 12.8 Å². The highest BCUT2D eigenvalue weighted by molar-refractivity contribution is 8.18. The zero-order valence-corrected chi connectivity index (χ0v) is 16.4. The predicted octanol–water partition coefficient (Wildman–Crippen LogP) is 5.07. The fourth-order valence-corrected chi connectivity index (χ4v) is 3.71. The lowest BCUT2D eigenvalue weighted by Crippen LogP contribution is -2.23. The quantitative estimate of drug-likeness (QED) is 0.501. The van der Waals surface area contributed by atoms with Crippen LogP contribution < -0.4 is 5.73 Å². The van der Waals surface area contributed by atoms with Gasteiger partial charge in [-0.1, -0.05) is 17.7 Å². The number of carbonyl (C=O) groups is 1. The molecule has 2 aromatic carbocycles. The molecule has 0 spiro atoms. The standard InChI is InChI=1S/C22H19N3O2S/c1-14-3-9-17(10-4-14)24-22-25(2)21(26)20(28-22)13-18-11-12-19(27-18)15-5-7-16(23)8-6-15/h3-13H,23H2,1-2H3. The van der Waals surface area contributed by atoms with Gasteiger partial charge in [-0.2, -0.15) is 0 Å². The van der Waals surface area contributed by atoms with Gasteiger partial charge >= 0.3 is 0 Å². The van der Waals surface area contributed by atoms with Crippen molar-refractivity contribution >= 4 is 40.3 Å².